The average Bonchev–Trinajstić information content (AvgIpc) is 2.38. The molecule has 20 heavy (non-hydrogen) atoms. The second-order valence-corrected chi connectivity index (χ2v) is 5.23. The number of carbonyl (C=O) groups excluding carboxylic acids is 1. The van der Waals surface area contributed by atoms with Gasteiger partial charge in [-0.25, -0.2) is 9.97 Å². The average molecular weight is 279 g/mol. The van der Waals surface area contributed by atoms with Gasteiger partial charge in [0.2, 0.25) is 0 Å². The van der Waals surface area contributed by atoms with Crippen molar-refractivity contribution >= 4 is 11.6 Å². The van der Waals surface area contributed by atoms with Crippen LogP contribution in [-0.2, 0) is 0 Å². The maximum absolute atomic E-state index is 12.2. The molecule has 0 aliphatic carbocycles. The molecule has 0 aliphatic heterocycles. The van der Waals surface area contributed by atoms with Gasteiger partial charge >= 0.3 is 0 Å². The maximum Gasteiger partial charge on any atom is 0.272 e. The molecule has 0 fully saturated rings. The van der Waals surface area contributed by atoms with E-state index in [0.29, 0.717) is 23.8 Å². The second kappa shape index (κ2) is 7.79. The van der Waals surface area contributed by atoms with E-state index in [1.807, 2.05) is 39.8 Å². The summed E-state index contributed by atoms with van der Waals surface area (Å²) in [6.07, 6.45) is 1.69. The number of aromatic nitrogens is 2. The molecule has 0 aromatic carbocycles. The normalized spacial score (nSPS) is 10.9. The molecule has 112 valence electrons. The molecule has 0 aliphatic rings. The highest BCUT2D eigenvalue weighted by Crippen LogP contribution is 2.16. The highest BCUT2D eigenvalue weighted by atomic mass is 16.1. The highest BCUT2D eigenvalue weighted by molar-refractivity contribution is 5.97. The summed E-state index contributed by atoms with van der Waals surface area (Å²) >= 11 is 0. The lowest BCUT2D eigenvalue weighted by Gasteiger charge is -2.14. The summed E-state index contributed by atoms with van der Waals surface area (Å²) in [6, 6.07) is 0. The minimum atomic E-state index is -0.160. The SMILES string of the molecule is CCNc1cnc(C(C)C)nc1C(=O)NCCN(C)C. The van der Waals surface area contributed by atoms with E-state index in [0.717, 1.165) is 13.1 Å². The van der Waals surface area contributed by atoms with Crippen LogP contribution in [0.4, 0.5) is 5.69 Å². The molecule has 0 saturated carbocycles. The standard InChI is InChI=1S/C14H25N5O/c1-6-15-11-9-17-13(10(2)3)18-12(11)14(20)16-7-8-19(4)5/h9-10,15H,6-8H2,1-5H3,(H,16,20). The zero-order valence-electron chi connectivity index (χ0n) is 13.0. The fourth-order valence-corrected chi connectivity index (χ4v) is 1.64. The van der Waals surface area contributed by atoms with Crippen molar-refractivity contribution in [3.05, 3.63) is 17.7 Å². The summed E-state index contributed by atoms with van der Waals surface area (Å²) in [4.78, 5) is 22.9. The highest BCUT2D eigenvalue weighted by Gasteiger charge is 2.15. The zero-order valence-corrected chi connectivity index (χ0v) is 13.0. The van der Waals surface area contributed by atoms with E-state index in [4.69, 9.17) is 0 Å². The van der Waals surface area contributed by atoms with Crippen LogP contribution in [-0.4, -0.2) is 54.5 Å². The van der Waals surface area contributed by atoms with Gasteiger partial charge in [-0.1, -0.05) is 13.8 Å². The van der Waals surface area contributed by atoms with Gasteiger partial charge in [-0.15, -0.1) is 0 Å². The van der Waals surface area contributed by atoms with Gasteiger partial charge in [0, 0.05) is 25.6 Å². The molecule has 0 unspecified atom stereocenters. The largest absolute Gasteiger partial charge is 0.382 e. The Balaban J connectivity index is 2.87. The second-order valence-electron chi connectivity index (χ2n) is 5.23. The zero-order chi connectivity index (χ0) is 15.1. The number of carbonyl (C=O) groups is 1. The first-order valence-electron chi connectivity index (χ1n) is 6.99. The van der Waals surface area contributed by atoms with Crippen LogP contribution >= 0.6 is 0 Å². The molecule has 1 heterocycles. The molecule has 1 aromatic heterocycles. The predicted molar refractivity (Wildman–Crippen MR) is 81.2 cm³/mol. The monoisotopic (exact) mass is 279 g/mol. The lowest BCUT2D eigenvalue weighted by molar-refractivity contribution is 0.0946. The molecular weight excluding hydrogens is 254 g/mol. The van der Waals surface area contributed by atoms with Gasteiger partial charge in [0.25, 0.3) is 5.91 Å². The first-order chi connectivity index (χ1) is 9.45. The summed E-state index contributed by atoms with van der Waals surface area (Å²) in [6.45, 7) is 8.11. The molecule has 1 amide bonds. The van der Waals surface area contributed by atoms with Gasteiger partial charge in [-0.3, -0.25) is 4.79 Å². The van der Waals surface area contributed by atoms with Crippen molar-refractivity contribution in [2.75, 3.05) is 39.0 Å². The van der Waals surface area contributed by atoms with E-state index in [1.54, 1.807) is 6.20 Å². The van der Waals surface area contributed by atoms with Crippen LogP contribution in [0.3, 0.4) is 0 Å². The molecule has 1 rings (SSSR count). The molecule has 0 saturated heterocycles. The first kappa shape index (κ1) is 16.4. The van der Waals surface area contributed by atoms with Crippen molar-refractivity contribution < 1.29 is 4.79 Å². The predicted octanol–water partition coefficient (Wildman–Crippen LogP) is 1.32. The van der Waals surface area contributed by atoms with Crippen molar-refractivity contribution in [1.82, 2.24) is 20.2 Å². The van der Waals surface area contributed by atoms with Crippen molar-refractivity contribution in [1.29, 1.82) is 0 Å². The lowest BCUT2D eigenvalue weighted by Crippen LogP contribution is -2.32. The minimum Gasteiger partial charge on any atom is -0.382 e. The third-order valence-corrected chi connectivity index (χ3v) is 2.75. The number of hydrogen-bond acceptors (Lipinski definition) is 5. The fraction of sp³-hybridized carbons (Fsp3) is 0.643. The number of nitrogens with zero attached hydrogens (tertiary/aromatic N) is 3. The van der Waals surface area contributed by atoms with Crippen LogP contribution in [0.1, 0.15) is 43.0 Å². The third kappa shape index (κ3) is 4.77. The van der Waals surface area contributed by atoms with Crippen molar-refractivity contribution in [2.45, 2.75) is 26.7 Å². The summed E-state index contributed by atoms with van der Waals surface area (Å²) in [7, 11) is 3.94. The third-order valence-electron chi connectivity index (χ3n) is 2.75. The molecule has 1 aromatic rings. The van der Waals surface area contributed by atoms with E-state index >= 15 is 0 Å². The van der Waals surface area contributed by atoms with Gasteiger partial charge in [0.1, 0.15) is 5.82 Å². The lowest BCUT2D eigenvalue weighted by atomic mass is 10.2. The Labute approximate surface area is 121 Å². The van der Waals surface area contributed by atoms with Crippen molar-refractivity contribution in [3.8, 4) is 0 Å². The topological polar surface area (TPSA) is 70.1 Å². The summed E-state index contributed by atoms with van der Waals surface area (Å²) in [5.74, 6) is 0.718. The van der Waals surface area contributed by atoms with E-state index in [1.165, 1.54) is 0 Å². The van der Waals surface area contributed by atoms with Crippen LogP contribution in [0.5, 0.6) is 0 Å². The fourth-order valence-electron chi connectivity index (χ4n) is 1.64. The maximum atomic E-state index is 12.2. The molecule has 2 N–H and O–H groups in total. The Bertz CT molecular complexity index is 445. The molecular formula is C14H25N5O. The Kier molecular flexibility index (Phi) is 6.38. The van der Waals surface area contributed by atoms with Crippen LogP contribution in [0.15, 0.2) is 6.20 Å². The quantitative estimate of drug-likeness (QED) is 0.788. The molecule has 0 spiro atoms. The number of rotatable bonds is 7. The van der Waals surface area contributed by atoms with Gasteiger partial charge < -0.3 is 15.5 Å². The first-order valence-corrected chi connectivity index (χ1v) is 6.99. The summed E-state index contributed by atoms with van der Waals surface area (Å²) < 4.78 is 0. The smallest absolute Gasteiger partial charge is 0.272 e. The minimum absolute atomic E-state index is 0.160. The number of likely N-dealkylation sites (N-methyl/N-ethyl adjacent to an activating group) is 1. The number of hydrogen-bond donors (Lipinski definition) is 2. The Morgan fingerprint density at radius 3 is 2.65 bits per heavy atom. The molecule has 0 atom stereocenters. The van der Waals surface area contributed by atoms with E-state index in [2.05, 4.69) is 20.6 Å². The summed E-state index contributed by atoms with van der Waals surface area (Å²) in [5, 5.41) is 6.01. The van der Waals surface area contributed by atoms with Crippen LogP contribution in [0, 0.1) is 0 Å². The summed E-state index contributed by atoms with van der Waals surface area (Å²) in [5.41, 5.74) is 1.10. The van der Waals surface area contributed by atoms with Crippen LogP contribution < -0.4 is 10.6 Å². The molecule has 0 bridgehead atoms. The van der Waals surface area contributed by atoms with Crippen molar-refractivity contribution in [2.24, 2.45) is 0 Å². The van der Waals surface area contributed by atoms with E-state index in [-0.39, 0.29) is 11.8 Å². The van der Waals surface area contributed by atoms with Gasteiger partial charge in [0.05, 0.1) is 11.9 Å². The number of nitrogens with one attached hydrogen (secondary N) is 2. The number of anilines is 1. The Morgan fingerprint density at radius 1 is 1.40 bits per heavy atom. The van der Waals surface area contributed by atoms with Crippen molar-refractivity contribution in [3.63, 3.8) is 0 Å². The Morgan fingerprint density at radius 2 is 2.10 bits per heavy atom. The molecule has 6 heteroatoms. The van der Waals surface area contributed by atoms with Gasteiger partial charge in [-0.2, -0.15) is 0 Å². The van der Waals surface area contributed by atoms with Gasteiger partial charge in [-0.05, 0) is 21.0 Å². The number of amides is 1. The van der Waals surface area contributed by atoms with E-state index < -0.39 is 0 Å². The van der Waals surface area contributed by atoms with Crippen LogP contribution in [0.25, 0.3) is 0 Å². The van der Waals surface area contributed by atoms with Gasteiger partial charge in [0.15, 0.2) is 5.69 Å². The van der Waals surface area contributed by atoms with E-state index in [9.17, 15) is 4.79 Å². The molecule has 0 radical (unpaired) electrons. The Hall–Kier alpha value is -1.69. The van der Waals surface area contributed by atoms with Crippen LogP contribution in [0.2, 0.25) is 0 Å². The molecule has 6 nitrogen and oxygen atoms in total.